The van der Waals surface area contributed by atoms with E-state index in [2.05, 4.69) is 43.0 Å². The van der Waals surface area contributed by atoms with Crippen LogP contribution in [0, 0.1) is 5.92 Å². The zero-order chi connectivity index (χ0) is 13.7. The lowest BCUT2D eigenvalue weighted by Crippen LogP contribution is -2.39. The topological polar surface area (TPSA) is 29.9 Å². The monoisotopic (exact) mass is 263 g/mol. The van der Waals surface area contributed by atoms with Crippen molar-refractivity contribution in [1.29, 1.82) is 0 Å². The Kier molecular flexibility index (Phi) is 5.44. The normalized spacial score (nSPS) is 25.4. The minimum Gasteiger partial charge on any atom is -0.314 e. The van der Waals surface area contributed by atoms with Gasteiger partial charge in [-0.1, -0.05) is 26.7 Å². The molecule has 3 nitrogen and oxygen atoms in total. The van der Waals surface area contributed by atoms with Crippen molar-refractivity contribution in [3.8, 4) is 0 Å². The van der Waals surface area contributed by atoms with E-state index >= 15 is 0 Å². The largest absolute Gasteiger partial charge is 0.314 e. The van der Waals surface area contributed by atoms with Crippen molar-refractivity contribution in [3.63, 3.8) is 0 Å². The minimum absolute atomic E-state index is 0.518. The van der Waals surface area contributed by atoms with Crippen molar-refractivity contribution >= 4 is 0 Å². The summed E-state index contributed by atoms with van der Waals surface area (Å²) in [5.74, 6) is 0.772. The van der Waals surface area contributed by atoms with Crippen molar-refractivity contribution in [2.45, 2.75) is 71.4 Å². The second-order valence-corrected chi connectivity index (χ2v) is 5.96. The Morgan fingerprint density at radius 1 is 1.37 bits per heavy atom. The average molecular weight is 263 g/mol. The molecule has 1 fully saturated rings. The van der Waals surface area contributed by atoms with Crippen molar-refractivity contribution in [1.82, 2.24) is 15.1 Å². The van der Waals surface area contributed by atoms with Crippen molar-refractivity contribution in [2.75, 3.05) is 6.54 Å². The van der Waals surface area contributed by atoms with Crippen LogP contribution < -0.4 is 5.32 Å². The van der Waals surface area contributed by atoms with Gasteiger partial charge in [0.1, 0.15) is 0 Å². The van der Waals surface area contributed by atoms with Gasteiger partial charge in [0.25, 0.3) is 0 Å². The first kappa shape index (κ1) is 14.6. The van der Waals surface area contributed by atoms with Gasteiger partial charge in [0.15, 0.2) is 0 Å². The Morgan fingerprint density at radius 3 is 2.89 bits per heavy atom. The van der Waals surface area contributed by atoms with E-state index in [9.17, 15) is 0 Å². The molecule has 0 saturated heterocycles. The van der Waals surface area contributed by atoms with Crippen LogP contribution in [0.5, 0.6) is 0 Å². The third kappa shape index (κ3) is 3.82. The third-order valence-corrected chi connectivity index (χ3v) is 4.55. The molecule has 108 valence electrons. The molecule has 1 aliphatic carbocycles. The molecule has 0 spiro atoms. The fourth-order valence-electron chi connectivity index (χ4n) is 3.17. The highest BCUT2D eigenvalue weighted by molar-refractivity contribution is 5.02. The van der Waals surface area contributed by atoms with Gasteiger partial charge in [-0.2, -0.15) is 5.10 Å². The molecule has 1 saturated carbocycles. The molecule has 2 rings (SSSR count). The van der Waals surface area contributed by atoms with E-state index in [0.717, 1.165) is 25.3 Å². The summed E-state index contributed by atoms with van der Waals surface area (Å²) < 4.78 is 2.13. The third-order valence-electron chi connectivity index (χ3n) is 4.55. The molecule has 1 aromatic rings. The van der Waals surface area contributed by atoms with Crippen LogP contribution in [0.1, 0.15) is 64.6 Å². The predicted octanol–water partition coefficient (Wildman–Crippen LogP) is 3.56. The summed E-state index contributed by atoms with van der Waals surface area (Å²) in [6.07, 6.45) is 9.90. The summed E-state index contributed by atoms with van der Waals surface area (Å²) in [6.45, 7) is 7.75. The van der Waals surface area contributed by atoms with E-state index < -0.39 is 0 Å². The molecule has 0 amide bonds. The second kappa shape index (κ2) is 7.09. The van der Waals surface area contributed by atoms with Crippen LogP contribution >= 0.6 is 0 Å². The van der Waals surface area contributed by atoms with Crippen LogP contribution in [0.2, 0.25) is 0 Å². The van der Waals surface area contributed by atoms with Gasteiger partial charge in [0, 0.05) is 18.3 Å². The Morgan fingerprint density at radius 2 is 2.16 bits per heavy atom. The highest BCUT2D eigenvalue weighted by Gasteiger charge is 2.25. The van der Waals surface area contributed by atoms with Crippen LogP contribution in [0.3, 0.4) is 0 Å². The fourth-order valence-corrected chi connectivity index (χ4v) is 3.17. The lowest BCUT2D eigenvalue weighted by Gasteiger charge is -2.31. The van der Waals surface area contributed by atoms with E-state index in [1.165, 1.54) is 31.4 Å². The van der Waals surface area contributed by atoms with Crippen LogP contribution in [-0.2, 0) is 6.42 Å². The number of aromatic nitrogens is 2. The van der Waals surface area contributed by atoms with Crippen LogP contribution in [-0.4, -0.2) is 22.4 Å². The lowest BCUT2D eigenvalue weighted by atomic mass is 9.81. The minimum atomic E-state index is 0.518. The molecule has 0 aliphatic heterocycles. The van der Waals surface area contributed by atoms with Gasteiger partial charge in [-0.3, -0.25) is 4.68 Å². The molecule has 3 unspecified atom stereocenters. The Hall–Kier alpha value is -0.830. The Labute approximate surface area is 117 Å². The van der Waals surface area contributed by atoms with Gasteiger partial charge in [-0.15, -0.1) is 0 Å². The predicted molar refractivity (Wildman–Crippen MR) is 80.4 cm³/mol. The number of nitrogens with one attached hydrogen (secondary N) is 1. The Balaban J connectivity index is 1.96. The van der Waals surface area contributed by atoms with Gasteiger partial charge < -0.3 is 5.32 Å². The lowest BCUT2D eigenvalue weighted by molar-refractivity contribution is 0.262. The van der Waals surface area contributed by atoms with Gasteiger partial charge in [0.05, 0.1) is 5.69 Å². The van der Waals surface area contributed by atoms with Crippen molar-refractivity contribution in [2.24, 2.45) is 5.92 Å². The summed E-state index contributed by atoms with van der Waals surface area (Å²) in [6, 6.07) is 3.43. The molecule has 1 aromatic heterocycles. The van der Waals surface area contributed by atoms with Crippen molar-refractivity contribution in [3.05, 3.63) is 18.0 Å². The molecule has 0 aromatic carbocycles. The van der Waals surface area contributed by atoms with Crippen molar-refractivity contribution < 1.29 is 0 Å². The summed E-state index contributed by atoms with van der Waals surface area (Å²) >= 11 is 0. The summed E-state index contributed by atoms with van der Waals surface area (Å²) in [5.41, 5.74) is 1.27. The van der Waals surface area contributed by atoms with E-state index in [1.54, 1.807) is 0 Å². The molecule has 19 heavy (non-hydrogen) atoms. The van der Waals surface area contributed by atoms with E-state index in [1.807, 2.05) is 0 Å². The van der Waals surface area contributed by atoms with Gasteiger partial charge in [-0.25, -0.2) is 0 Å². The maximum atomic E-state index is 4.76. The standard InChI is InChI=1S/C16H29N3/c1-4-13(3)19-11-10-15(18-19)12-14-8-6-7-9-16(14)17-5-2/h10-11,13-14,16-17H,4-9,12H2,1-3H3. The Bertz CT molecular complexity index is 370. The first-order valence-corrected chi connectivity index (χ1v) is 8.02. The molecule has 3 heteroatoms. The van der Waals surface area contributed by atoms with Crippen LogP contribution in [0.15, 0.2) is 12.3 Å². The summed E-state index contributed by atoms with van der Waals surface area (Å²) in [4.78, 5) is 0. The van der Waals surface area contributed by atoms with Gasteiger partial charge in [0.2, 0.25) is 0 Å². The highest BCUT2D eigenvalue weighted by atomic mass is 15.3. The number of nitrogens with zero attached hydrogens (tertiary/aromatic N) is 2. The molecule has 1 N–H and O–H groups in total. The highest BCUT2D eigenvalue weighted by Crippen LogP contribution is 2.27. The molecule has 0 bridgehead atoms. The molecular formula is C16H29N3. The van der Waals surface area contributed by atoms with E-state index in [4.69, 9.17) is 5.10 Å². The van der Waals surface area contributed by atoms with E-state index in [-0.39, 0.29) is 0 Å². The van der Waals surface area contributed by atoms with Crippen LogP contribution in [0.25, 0.3) is 0 Å². The molecule has 0 radical (unpaired) electrons. The molecule has 1 aliphatic rings. The summed E-state index contributed by atoms with van der Waals surface area (Å²) in [5, 5.41) is 8.42. The zero-order valence-corrected chi connectivity index (χ0v) is 12.7. The van der Waals surface area contributed by atoms with Gasteiger partial charge in [-0.05, 0) is 51.1 Å². The molecule has 3 atom stereocenters. The average Bonchev–Trinajstić information content (AvgIpc) is 2.89. The first-order chi connectivity index (χ1) is 9.24. The van der Waals surface area contributed by atoms with Crippen LogP contribution in [0.4, 0.5) is 0 Å². The number of hydrogen-bond acceptors (Lipinski definition) is 2. The van der Waals surface area contributed by atoms with E-state index in [0.29, 0.717) is 12.1 Å². The molecule has 1 heterocycles. The first-order valence-electron chi connectivity index (χ1n) is 8.02. The molecular weight excluding hydrogens is 234 g/mol. The van der Waals surface area contributed by atoms with Gasteiger partial charge >= 0.3 is 0 Å². The smallest absolute Gasteiger partial charge is 0.0628 e. The fraction of sp³-hybridized carbons (Fsp3) is 0.812. The second-order valence-electron chi connectivity index (χ2n) is 5.96. The SMILES string of the molecule is CCNC1CCCCC1Cc1ccn(C(C)CC)n1. The quantitative estimate of drug-likeness (QED) is 0.850. The maximum absolute atomic E-state index is 4.76. The number of rotatable bonds is 6. The maximum Gasteiger partial charge on any atom is 0.0628 e. The summed E-state index contributed by atoms with van der Waals surface area (Å²) in [7, 11) is 0. The zero-order valence-electron chi connectivity index (χ0n) is 12.7. The number of hydrogen-bond donors (Lipinski definition) is 1.